The first-order chi connectivity index (χ1) is 11.7. The van der Waals surface area contributed by atoms with Gasteiger partial charge in [0.05, 0.1) is 6.04 Å². The number of fused-ring (bicyclic) bond motifs is 1. The van der Waals surface area contributed by atoms with Gasteiger partial charge < -0.3 is 5.32 Å². The van der Waals surface area contributed by atoms with Crippen LogP contribution in [-0.2, 0) is 0 Å². The number of hydrogen-bond donors (Lipinski definition) is 1. The zero-order valence-corrected chi connectivity index (χ0v) is 15.3. The van der Waals surface area contributed by atoms with Crippen LogP contribution in [0.5, 0.6) is 0 Å². The Morgan fingerprint density at radius 3 is 2.83 bits per heavy atom. The minimum Gasteiger partial charge on any atom is -0.301 e. The van der Waals surface area contributed by atoms with E-state index in [1.165, 1.54) is 11.1 Å². The molecule has 1 aromatic carbocycles. The van der Waals surface area contributed by atoms with Crippen molar-refractivity contribution < 1.29 is 0 Å². The summed E-state index contributed by atoms with van der Waals surface area (Å²) >= 11 is 1.86. The van der Waals surface area contributed by atoms with Crippen LogP contribution in [0.4, 0.5) is 0 Å². The highest BCUT2D eigenvalue weighted by molar-refractivity contribution is 7.98. The van der Waals surface area contributed by atoms with Crippen molar-refractivity contribution in [1.29, 1.82) is 0 Å². The van der Waals surface area contributed by atoms with Crippen LogP contribution in [0.25, 0.3) is 5.65 Å². The van der Waals surface area contributed by atoms with Gasteiger partial charge in [-0.15, -0.1) is 10.2 Å². The number of hydrogen-bond acceptors (Lipinski definition) is 4. The molecule has 1 N–H and O–H groups in total. The van der Waals surface area contributed by atoms with Crippen LogP contribution in [0.3, 0.4) is 0 Å². The topological polar surface area (TPSA) is 42.2 Å². The lowest BCUT2D eigenvalue weighted by Gasteiger charge is -2.22. The van der Waals surface area contributed by atoms with Crippen molar-refractivity contribution in [2.75, 3.05) is 12.0 Å². The molecule has 0 fully saturated rings. The second kappa shape index (κ2) is 7.81. The van der Waals surface area contributed by atoms with Crippen molar-refractivity contribution in [2.45, 2.75) is 32.4 Å². The predicted octanol–water partition coefficient (Wildman–Crippen LogP) is 4.18. The Morgan fingerprint density at radius 1 is 1.17 bits per heavy atom. The highest BCUT2D eigenvalue weighted by atomic mass is 32.2. The van der Waals surface area contributed by atoms with Gasteiger partial charge in [-0.2, -0.15) is 11.8 Å². The van der Waals surface area contributed by atoms with Gasteiger partial charge in [0.25, 0.3) is 0 Å². The van der Waals surface area contributed by atoms with Crippen LogP contribution in [0.15, 0.2) is 48.7 Å². The van der Waals surface area contributed by atoms with Crippen LogP contribution < -0.4 is 5.32 Å². The quantitative estimate of drug-likeness (QED) is 0.700. The summed E-state index contributed by atoms with van der Waals surface area (Å²) in [5.74, 6) is 2.07. The molecule has 5 heteroatoms. The summed E-state index contributed by atoms with van der Waals surface area (Å²) in [6.07, 6.45) is 5.20. The van der Waals surface area contributed by atoms with E-state index in [9.17, 15) is 0 Å². The molecule has 3 rings (SSSR count). The average Bonchev–Trinajstić information content (AvgIpc) is 3.02. The second-order valence-corrected chi connectivity index (χ2v) is 7.11. The van der Waals surface area contributed by atoms with E-state index in [0.717, 1.165) is 23.6 Å². The van der Waals surface area contributed by atoms with Gasteiger partial charge in [0.2, 0.25) is 0 Å². The number of aryl methyl sites for hydroxylation is 1. The summed E-state index contributed by atoms with van der Waals surface area (Å²) in [5.41, 5.74) is 3.49. The Bertz CT molecular complexity index is 799. The Morgan fingerprint density at radius 2 is 2.04 bits per heavy atom. The Labute approximate surface area is 147 Å². The highest BCUT2D eigenvalue weighted by Gasteiger charge is 2.20. The third kappa shape index (κ3) is 3.79. The monoisotopic (exact) mass is 340 g/mol. The lowest BCUT2D eigenvalue weighted by molar-refractivity contribution is 0.438. The summed E-state index contributed by atoms with van der Waals surface area (Å²) in [6, 6.07) is 15.1. The van der Waals surface area contributed by atoms with Gasteiger partial charge >= 0.3 is 0 Å². The predicted molar refractivity (Wildman–Crippen MR) is 101 cm³/mol. The fourth-order valence-corrected chi connectivity index (χ4v) is 3.43. The third-order valence-electron chi connectivity index (χ3n) is 4.26. The summed E-state index contributed by atoms with van der Waals surface area (Å²) in [6.45, 7) is 4.34. The van der Waals surface area contributed by atoms with Crippen molar-refractivity contribution in [3.63, 3.8) is 0 Å². The Balaban J connectivity index is 1.86. The SMILES string of the molecule is CSCC[C@H](N[C@@H](C)c1cccc(C)c1)c1nnc2ccccn12. The molecule has 0 aliphatic carbocycles. The Kier molecular flexibility index (Phi) is 5.53. The van der Waals surface area contributed by atoms with Crippen molar-refractivity contribution >= 4 is 17.4 Å². The third-order valence-corrected chi connectivity index (χ3v) is 4.90. The van der Waals surface area contributed by atoms with Gasteiger partial charge in [-0.25, -0.2) is 0 Å². The zero-order valence-electron chi connectivity index (χ0n) is 14.4. The number of aromatic nitrogens is 3. The molecule has 0 saturated carbocycles. The smallest absolute Gasteiger partial charge is 0.160 e. The van der Waals surface area contributed by atoms with Crippen molar-refractivity contribution in [3.8, 4) is 0 Å². The molecule has 3 aromatic rings. The van der Waals surface area contributed by atoms with Gasteiger partial charge in [0, 0.05) is 12.2 Å². The summed E-state index contributed by atoms with van der Waals surface area (Å²) in [4.78, 5) is 0. The number of rotatable bonds is 7. The molecule has 2 aromatic heterocycles. The van der Waals surface area contributed by atoms with Crippen molar-refractivity contribution in [3.05, 3.63) is 65.6 Å². The zero-order chi connectivity index (χ0) is 16.9. The maximum absolute atomic E-state index is 4.45. The minimum absolute atomic E-state index is 0.172. The summed E-state index contributed by atoms with van der Waals surface area (Å²) in [5, 5.41) is 12.5. The molecule has 0 aliphatic rings. The molecule has 2 atom stereocenters. The highest BCUT2D eigenvalue weighted by Crippen LogP contribution is 2.23. The van der Waals surface area contributed by atoms with Crippen molar-refractivity contribution in [1.82, 2.24) is 19.9 Å². The van der Waals surface area contributed by atoms with Gasteiger partial charge in [-0.1, -0.05) is 35.9 Å². The van der Waals surface area contributed by atoms with E-state index >= 15 is 0 Å². The molecule has 0 unspecified atom stereocenters. The molecule has 0 bridgehead atoms. The maximum atomic E-state index is 4.45. The largest absolute Gasteiger partial charge is 0.301 e. The lowest BCUT2D eigenvalue weighted by Crippen LogP contribution is -2.27. The first kappa shape index (κ1) is 17.0. The normalized spacial score (nSPS) is 14.0. The molecule has 0 aliphatic heterocycles. The molecule has 0 radical (unpaired) electrons. The minimum atomic E-state index is 0.172. The first-order valence-corrected chi connectivity index (χ1v) is 9.69. The van der Waals surface area contributed by atoms with E-state index in [0.29, 0.717) is 0 Å². The average molecular weight is 340 g/mol. The van der Waals surface area contributed by atoms with Crippen LogP contribution in [-0.4, -0.2) is 26.6 Å². The lowest BCUT2D eigenvalue weighted by atomic mass is 10.0. The molecule has 4 nitrogen and oxygen atoms in total. The summed E-state index contributed by atoms with van der Waals surface area (Å²) < 4.78 is 2.08. The Hall–Kier alpha value is -1.85. The van der Waals surface area contributed by atoms with Gasteiger partial charge in [0.15, 0.2) is 11.5 Å². The number of nitrogens with zero attached hydrogens (tertiary/aromatic N) is 3. The van der Waals surface area contributed by atoms with E-state index in [1.54, 1.807) is 0 Å². The van der Waals surface area contributed by atoms with Gasteiger partial charge in [0.1, 0.15) is 0 Å². The number of benzene rings is 1. The van der Waals surface area contributed by atoms with E-state index in [2.05, 4.69) is 64.3 Å². The molecule has 2 heterocycles. The number of nitrogens with one attached hydrogen (secondary N) is 1. The second-order valence-electron chi connectivity index (χ2n) is 6.12. The van der Waals surface area contributed by atoms with Crippen LogP contribution in [0, 0.1) is 6.92 Å². The number of pyridine rings is 1. The van der Waals surface area contributed by atoms with Gasteiger partial charge in [-0.3, -0.25) is 4.40 Å². The molecule has 0 amide bonds. The van der Waals surface area contributed by atoms with Gasteiger partial charge in [-0.05, 0) is 50.0 Å². The maximum Gasteiger partial charge on any atom is 0.160 e. The first-order valence-electron chi connectivity index (χ1n) is 8.30. The van der Waals surface area contributed by atoms with E-state index < -0.39 is 0 Å². The molecular weight excluding hydrogens is 316 g/mol. The fourth-order valence-electron chi connectivity index (χ4n) is 2.96. The molecule has 0 saturated heterocycles. The van der Waals surface area contributed by atoms with Crippen LogP contribution >= 0.6 is 11.8 Å². The van der Waals surface area contributed by atoms with E-state index in [1.807, 2.05) is 36.2 Å². The molecule has 126 valence electrons. The summed E-state index contributed by atoms with van der Waals surface area (Å²) in [7, 11) is 0. The van der Waals surface area contributed by atoms with Crippen molar-refractivity contribution in [2.24, 2.45) is 0 Å². The molecule has 0 spiro atoms. The molecule has 24 heavy (non-hydrogen) atoms. The van der Waals surface area contributed by atoms with Crippen LogP contribution in [0.2, 0.25) is 0 Å². The number of thioether (sulfide) groups is 1. The van der Waals surface area contributed by atoms with Crippen LogP contribution in [0.1, 0.15) is 42.4 Å². The fraction of sp³-hybridized carbons (Fsp3) is 0.368. The van der Waals surface area contributed by atoms with E-state index in [-0.39, 0.29) is 12.1 Å². The molecular formula is C19H24N4S. The van der Waals surface area contributed by atoms with E-state index in [4.69, 9.17) is 0 Å². The standard InChI is InChI=1S/C19H24N4S/c1-14-7-6-8-16(13-14)15(2)20-17(10-12-24-3)19-22-21-18-9-4-5-11-23(18)19/h4-9,11,13,15,17,20H,10,12H2,1-3H3/t15-,17-/m0/s1.